The van der Waals surface area contributed by atoms with Gasteiger partial charge in [0, 0.05) is 17.6 Å². The van der Waals surface area contributed by atoms with E-state index in [4.69, 9.17) is 11.6 Å². The van der Waals surface area contributed by atoms with Crippen LogP contribution in [0.15, 0.2) is 23.1 Å². The zero-order chi connectivity index (χ0) is 13.2. The van der Waals surface area contributed by atoms with Crippen molar-refractivity contribution >= 4 is 21.6 Å². The lowest BCUT2D eigenvalue weighted by Gasteiger charge is -2.23. The van der Waals surface area contributed by atoms with E-state index < -0.39 is 15.8 Å². The van der Waals surface area contributed by atoms with Crippen molar-refractivity contribution in [3.8, 4) is 0 Å². The van der Waals surface area contributed by atoms with E-state index in [0.717, 1.165) is 31.5 Å². The van der Waals surface area contributed by atoms with E-state index in [2.05, 4.69) is 10.0 Å². The molecule has 1 aliphatic rings. The lowest BCUT2D eigenvalue weighted by atomic mass is 10.1. The van der Waals surface area contributed by atoms with Gasteiger partial charge in [0.15, 0.2) is 0 Å². The monoisotopic (exact) mass is 292 g/mol. The quantitative estimate of drug-likeness (QED) is 0.888. The molecule has 0 spiro atoms. The highest BCUT2D eigenvalue weighted by Crippen LogP contribution is 2.19. The van der Waals surface area contributed by atoms with Crippen LogP contribution < -0.4 is 10.0 Å². The van der Waals surface area contributed by atoms with Crippen molar-refractivity contribution in [1.29, 1.82) is 0 Å². The average molecular weight is 293 g/mol. The van der Waals surface area contributed by atoms with Gasteiger partial charge in [-0.15, -0.1) is 0 Å². The van der Waals surface area contributed by atoms with Gasteiger partial charge in [-0.3, -0.25) is 0 Å². The van der Waals surface area contributed by atoms with Crippen molar-refractivity contribution in [3.05, 3.63) is 29.0 Å². The SMILES string of the molecule is O=S(=O)(NC1CCCNC1)c1cc(F)cc(Cl)c1. The van der Waals surface area contributed by atoms with Gasteiger partial charge in [0.05, 0.1) is 4.90 Å². The first-order valence-electron chi connectivity index (χ1n) is 5.66. The smallest absolute Gasteiger partial charge is 0.241 e. The van der Waals surface area contributed by atoms with E-state index >= 15 is 0 Å². The lowest BCUT2D eigenvalue weighted by molar-refractivity contribution is 0.428. The molecule has 1 unspecified atom stereocenters. The van der Waals surface area contributed by atoms with Gasteiger partial charge >= 0.3 is 0 Å². The van der Waals surface area contributed by atoms with Crippen LogP contribution in [0.25, 0.3) is 0 Å². The molecule has 0 bridgehead atoms. The van der Waals surface area contributed by atoms with E-state index in [1.807, 2.05) is 0 Å². The van der Waals surface area contributed by atoms with Crippen LogP contribution in [0.3, 0.4) is 0 Å². The number of piperidine rings is 1. The van der Waals surface area contributed by atoms with Crippen molar-refractivity contribution in [2.75, 3.05) is 13.1 Å². The Bertz CT molecular complexity index is 510. The molecule has 0 amide bonds. The first kappa shape index (κ1) is 13.7. The number of sulfonamides is 1. The topological polar surface area (TPSA) is 58.2 Å². The largest absolute Gasteiger partial charge is 0.315 e. The van der Waals surface area contributed by atoms with Gasteiger partial charge in [0.1, 0.15) is 5.82 Å². The van der Waals surface area contributed by atoms with Gasteiger partial charge in [0.25, 0.3) is 0 Å². The fraction of sp³-hybridized carbons (Fsp3) is 0.455. The first-order valence-corrected chi connectivity index (χ1v) is 7.53. The summed E-state index contributed by atoms with van der Waals surface area (Å²) in [5, 5.41) is 3.17. The molecular weight excluding hydrogens is 279 g/mol. The van der Waals surface area contributed by atoms with Gasteiger partial charge < -0.3 is 5.32 Å². The van der Waals surface area contributed by atoms with Gasteiger partial charge in [-0.05, 0) is 37.6 Å². The minimum Gasteiger partial charge on any atom is -0.315 e. The molecule has 2 N–H and O–H groups in total. The molecule has 0 radical (unpaired) electrons. The molecule has 0 aromatic heterocycles. The summed E-state index contributed by atoms with van der Waals surface area (Å²) in [6.45, 7) is 1.48. The standard InChI is InChI=1S/C11H14ClFN2O2S/c12-8-4-9(13)6-11(5-8)18(16,17)15-10-2-1-3-14-7-10/h4-6,10,14-15H,1-3,7H2. The Morgan fingerprint density at radius 2 is 2.17 bits per heavy atom. The second-order valence-electron chi connectivity index (χ2n) is 4.27. The van der Waals surface area contributed by atoms with Crippen molar-refractivity contribution < 1.29 is 12.8 Å². The van der Waals surface area contributed by atoms with Crippen molar-refractivity contribution in [2.24, 2.45) is 0 Å². The Balaban J connectivity index is 2.19. The molecule has 18 heavy (non-hydrogen) atoms. The fourth-order valence-electron chi connectivity index (χ4n) is 1.92. The Hall–Kier alpha value is -0.690. The summed E-state index contributed by atoms with van der Waals surface area (Å²) in [6, 6.07) is 3.11. The predicted molar refractivity (Wildman–Crippen MR) is 67.6 cm³/mol. The van der Waals surface area contributed by atoms with Crippen LogP contribution in [0.1, 0.15) is 12.8 Å². The van der Waals surface area contributed by atoms with Gasteiger partial charge in [-0.2, -0.15) is 0 Å². The third-order valence-electron chi connectivity index (χ3n) is 2.77. The second-order valence-corrected chi connectivity index (χ2v) is 6.42. The molecular formula is C11H14ClFN2O2S. The van der Waals surface area contributed by atoms with E-state index in [9.17, 15) is 12.8 Å². The maximum atomic E-state index is 13.1. The number of hydrogen-bond donors (Lipinski definition) is 2. The number of rotatable bonds is 3. The van der Waals surface area contributed by atoms with Crippen LogP contribution in [0, 0.1) is 5.82 Å². The van der Waals surface area contributed by atoms with E-state index in [1.165, 1.54) is 6.07 Å². The molecule has 1 heterocycles. The Kier molecular flexibility index (Phi) is 4.21. The summed E-state index contributed by atoms with van der Waals surface area (Å²) in [7, 11) is -3.72. The van der Waals surface area contributed by atoms with Gasteiger partial charge in [-0.25, -0.2) is 17.5 Å². The summed E-state index contributed by atoms with van der Waals surface area (Å²) in [5.74, 6) is -0.662. The van der Waals surface area contributed by atoms with Crippen LogP contribution in [0.2, 0.25) is 5.02 Å². The molecule has 1 aliphatic heterocycles. The van der Waals surface area contributed by atoms with Gasteiger partial charge in [-0.1, -0.05) is 11.6 Å². The fourth-order valence-corrected chi connectivity index (χ4v) is 3.54. The molecule has 1 fully saturated rings. The highest BCUT2D eigenvalue weighted by molar-refractivity contribution is 7.89. The summed E-state index contributed by atoms with van der Waals surface area (Å²) in [4.78, 5) is -0.141. The molecule has 1 saturated heterocycles. The summed E-state index contributed by atoms with van der Waals surface area (Å²) >= 11 is 5.65. The van der Waals surface area contributed by atoms with Crippen molar-refractivity contribution in [1.82, 2.24) is 10.0 Å². The molecule has 1 aromatic carbocycles. The lowest BCUT2D eigenvalue weighted by Crippen LogP contribution is -2.45. The zero-order valence-corrected chi connectivity index (χ0v) is 11.2. The molecule has 0 aliphatic carbocycles. The number of benzene rings is 1. The van der Waals surface area contributed by atoms with Crippen LogP contribution >= 0.6 is 11.6 Å². The third kappa shape index (κ3) is 3.41. The highest BCUT2D eigenvalue weighted by Gasteiger charge is 2.22. The summed E-state index contributed by atoms with van der Waals surface area (Å²) in [6.07, 6.45) is 1.69. The maximum absolute atomic E-state index is 13.1. The zero-order valence-electron chi connectivity index (χ0n) is 9.62. The minimum absolute atomic E-state index is 0.0668. The van der Waals surface area contributed by atoms with Crippen LogP contribution in [0.5, 0.6) is 0 Å². The highest BCUT2D eigenvalue weighted by atomic mass is 35.5. The Morgan fingerprint density at radius 3 is 2.78 bits per heavy atom. The van der Waals surface area contributed by atoms with Crippen molar-refractivity contribution in [3.63, 3.8) is 0 Å². The molecule has 1 atom stereocenters. The average Bonchev–Trinajstić information content (AvgIpc) is 2.28. The number of halogens is 2. The number of hydrogen-bond acceptors (Lipinski definition) is 3. The van der Waals surface area contributed by atoms with E-state index in [1.54, 1.807) is 0 Å². The van der Waals surface area contributed by atoms with Crippen LogP contribution in [-0.4, -0.2) is 27.5 Å². The molecule has 0 saturated carbocycles. The number of nitrogens with one attached hydrogen (secondary N) is 2. The van der Waals surface area contributed by atoms with Crippen LogP contribution in [0.4, 0.5) is 4.39 Å². The summed E-state index contributed by atoms with van der Waals surface area (Å²) < 4.78 is 39.8. The predicted octanol–water partition coefficient (Wildman–Crippen LogP) is 1.51. The van der Waals surface area contributed by atoms with Crippen molar-refractivity contribution in [2.45, 2.75) is 23.8 Å². The minimum atomic E-state index is -3.72. The molecule has 1 aromatic rings. The van der Waals surface area contributed by atoms with Crippen LogP contribution in [-0.2, 0) is 10.0 Å². The van der Waals surface area contributed by atoms with Gasteiger partial charge in [0.2, 0.25) is 10.0 Å². The first-order chi connectivity index (χ1) is 8.47. The third-order valence-corrected chi connectivity index (χ3v) is 4.48. The summed E-state index contributed by atoms with van der Waals surface area (Å²) in [5.41, 5.74) is 0. The second kappa shape index (κ2) is 5.52. The normalized spacial score (nSPS) is 20.9. The molecule has 2 rings (SSSR count). The van der Waals surface area contributed by atoms with E-state index in [0.29, 0.717) is 6.54 Å². The maximum Gasteiger partial charge on any atom is 0.241 e. The molecule has 7 heteroatoms. The Labute approximate surface area is 111 Å². The van der Waals surface area contributed by atoms with E-state index in [-0.39, 0.29) is 16.0 Å². The Morgan fingerprint density at radius 1 is 1.39 bits per heavy atom. The molecule has 4 nitrogen and oxygen atoms in total. The molecule has 100 valence electrons.